The SMILES string of the molecule is CCC(C)NCc1ccc(F)c(N(C)CCc2ccncc2)c1. The van der Waals surface area contributed by atoms with Crippen LogP contribution < -0.4 is 10.2 Å². The van der Waals surface area contributed by atoms with Gasteiger partial charge in [0.2, 0.25) is 0 Å². The molecule has 1 unspecified atom stereocenters. The average molecular weight is 315 g/mol. The lowest BCUT2D eigenvalue weighted by Gasteiger charge is -2.21. The summed E-state index contributed by atoms with van der Waals surface area (Å²) < 4.78 is 14.1. The Morgan fingerprint density at radius 3 is 2.61 bits per heavy atom. The summed E-state index contributed by atoms with van der Waals surface area (Å²) in [5, 5.41) is 3.44. The molecule has 23 heavy (non-hydrogen) atoms. The van der Waals surface area contributed by atoms with E-state index < -0.39 is 0 Å². The normalized spacial score (nSPS) is 12.2. The third kappa shape index (κ3) is 5.32. The summed E-state index contributed by atoms with van der Waals surface area (Å²) in [7, 11) is 1.94. The highest BCUT2D eigenvalue weighted by molar-refractivity contribution is 5.49. The number of benzene rings is 1. The molecule has 0 bridgehead atoms. The number of rotatable bonds is 8. The largest absolute Gasteiger partial charge is 0.372 e. The Kier molecular flexibility index (Phi) is 6.53. The van der Waals surface area contributed by atoms with Gasteiger partial charge in [-0.2, -0.15) is 0 Å². The van der Waals surface area contributed by atoms with Gasteiger partial charge in [-0.05, 0) is 55.2 Å². The Morgan fingerprint density at radius 1 is 1.17 bits per heavy atom. The van der Waals surface area contributed by atoms with Crippen LogP contribution in [0, 0.1) is 5.82 Å². The number of likely N-dealkylation sites (N-methyl/N-ethyl adjacent to an activating group) is 1. The standard InChI is InChI=1S/C19H26FN3/c1-4-15(2)22-14-17-5-6-18(20)19(13-17)23(3)12-9-16-7-10-21-11-8-16/h5-8,10-11,13,15,22H,4,9,12,14H2,1-3H3. The van der Waals surface area contributed by atoms with E-state index in [9.17, 15) is 4.39 Å². The van der Waals surface area contributed by atoms with Gasteiger partial charge in [-0.1, -0.05) is 13.0 Å². The maximum Gasteiger partial charge on any atom is 0.146 e. The lowest BCUT2D eigenvalue weighted by molar-refractivity contribution is 0.533. The Bertz CT molecular complexity index is 601. The maximum atomic E-state index is 14.1. The van der Waals surface area contributed by atoms with E-state index in [0.717, 1.165) is 31.5 Å². The fourth-order valence-corrected chi connectivity index (χ4v) is 2.36. The number of pyridine rings is 1. The zero-order valence-corrected chi connectivity index (χ0v) is 14.2. The first-order valence-corrected chi connectivity index (χ1v) is 8.22. The van der Waals surface area contributed by atoms with Crippen molar-refractivity contribution in [1.29, 1.82) is 0 Å². The average Bonchev–Trinajstić information content (AvgIpc) is 2.59. The van der Waals surface area contributed by atoms with Crippen molar-refractivity contribution in [2.75, 3.05) is 18.5 Å². The van der Waals surface area contributed by atoms with E-state index in [4.69, 9.17) is 0 Å². The summed E-state index contributed by atoms with van der Waals surface area (Å²) in [6.07, 6.45) is 5.53. The van der Waals surface area contributed by atoms with Crippen molar-refractivity contribution < 1.29 is 4.39 Å². The van der Waals surface area contributed by atoms with Gasteiger partial charge in [0, 0.05) is 38.6 Å². The minimum absolute atomic E-state index is 0.172. The molecule has 1 atom stereocenters. The number of nitrogens with zero attached hydrogens (tertiary/aromatic N) is 2. The van der Waals surface area contributed by atoms with Crippen LogP contribution in [0.4, 0.5) is 10.1 Å². The lowest BCUT2D eigenvalue weighted by atomic mass is 10.1. The van der Waals surface area contributed by atoms with Gasteiger partial charge in [0.05, 0.1) is 5.69 Å². The zero-order chi connectivity index (χ0) is 16.7. The van der Waals surface area contributed by atoms with Gasteiger partial charge in [0.1, 0.15) is 5.82 Å². The van der Waals surface area contributed by atoms with Gasteiger partial charge in [-0.15, -0.1) is 0 Å². The molecule has 1 aromatic heterocycles. The number of nitrogens with one attached hydrogen (secondary N) is 1. The molecule has 124 valence electrons. The molecule has 0 fully saturated rings. The molecule has 1 aromatic carbocycles. The van der Waals surface area contributed by atoms with Crippen LogP contribution >= 0.6 is 0 Å². The number of aromatic nitrogens is 1. The first-order valence-electron chi connectivity index (χ1n) is 8.22. The van der Waals surface area contributed by atoms with Crippen molar-refractivity contribution in [2.45, 2.75) is 39.3 Å². The van der Waals surface area contributed by atoms with E-state index >= 15 is 0 Å². The van der Waals surface area contributed by atoms with Crippen molar-refractivity contribution in [2.24, 2.45) is 0 Å². The maximum absolute atomic E-state index is 14.1. The summed E-state index contributed by atoms with van der Waals surface area (Å²) in [6.45, 7) is 5.84. The second kappa shape index (κ2) is 8.63. The molecule has 3 nitrogen and oxygen atoms in total. The second-order valence-electron chi connectivity index (χ2n) is 6.00. The summed E-state index contributed by atoms with van der Waals surface area (Å²) in [5.74, 6) is -0.172. The highest BCUT2D eigenvalue weighted by Crippen LogP contribution is 2.20. The van der Waals surface area contributed by atoms with Gasteiger partial charge in [-0.3, -0.25) is 4.98 Å². The molecule has 0 aliphatic carbocycles. The van der Waals surface area contributed by atoms with E-state index in [2.05, 4.69) is 24.1 Å². The van der Waals surface area contributed by atoms with Gasteiger partial charge in [0.15, 0.2) is 0 Å². The van der Waals surface area contributed by atoms with Crippen LogP contribution in [-0.2, 0) is 13.0 Å². The van der Waals surface area contributed by atoms with Gasteiger partial charge in [-0.25, -0.2) is 4.39 Å². The van der Waals surface area contributed by atoms with Gasteiger partial charge in [0.25, 0.3) is 0 Å². The summed E-state index contributed by atoms with van der Waals surface area (Å²) in [4.78, 5) is 5.99. The number of hydrogen-bond donors (Lipinski definition) is 1. The molecule has 0 amide bonds. The molecular weight excluding hydrogens is 289 g/mol. The molecular formula is C19H26FN3. The Morgan fingerprint density at radius 2 is 1.91 bits per heavy atom. The zero-order valence-electron chi connectivity index (χ0n) is 14.2. The lowest BCUT2D eigenvalue weighted by Crippen LogP contribution is -2.25. The van der Waals surface area contributed by atoms with E-state index in [1.807, 2.05) is 36.2 Å². The quantitative estimate of drug-likeness (QED) is 0.803. The molecule has 0 aliphatic heterocycles. The third-order valence-electron chi connectivity index (χ3n) is 4.17. The molecule has 1 heterocycles. The smallest absolute Gasteiger partial charge is 0.146 e. The van der Waals surface area contributed by atoms with Crippen molar-refractivity contribution in [1.82, 2.24) is 10.3 Å². The molecule has 0 saturated carbocycles. The monoisotopic (exact) mass is 315 g/mol. The fourth-order valence-electron chi connectivity index (χ4n) is 2.36. The van der Waals surface area contributed by atoms with Gasteiger partial charge < -0.3 is 10.2 Å². The van der Waals surface area contributed by atoms with E-state index in [1.165, 1.54) is 5.56 Å². The highest BCUT2D eigenvalue weighted by Gasteiger charge is 2.09. The van der Waals surface area contributed by atoms with Crippen molar-refractivity contribution >= 4 is 5.69 Å². The molecule has 0 spiro atoms. The Balaban J connectivity index is 1.99. The van der Waals surface area contributed by atoms with Crippen LogP contribution in [0.3, 0.4) is 0 Å². The van der Waals surface area contributed by atoms with E-state index in [1.54, 1.807) is 18.5 Å². The molecule has 0 radical (unpaired) electrons. The van der Waals surface area contributed by atoms with Crippen LogP contribution in [0.2, 0.25) is 0 Å². The molecule has 1 N–H and O–H groups in total. The number of halogens is 1. The van der Waals surface area contributed by atoms with E-state index in [-0.39, 0.29) is 5.82 Å². The molecule has 2 rings (SSSR count). The Hall–Kier alpha value is -1.94. The molecule has 0 saturated heterocycles. The van der Waals surface area contributed by atoms with E-state index in [0.29, 0.717) is 11.7 Å². The highest BCUT2D eigenvalue weighted by atomic mass is 19.1. The number of hydrogen-bond acceptors (Lipinski definition) is 3. The second-order valence-corrected chi connectivity index (χ2v) is 6.00. The van der Waals surface area contributed by atoms with Crippen LogP contribution in [0.15, 0.2) is 42.7 Å². The van der Waals surface area contributed by atoms with Crippen LogP contribution in [0.1, 0.15) is 31.4 Å². The first-order chi connectivity index (χ1) is 11.1. The minimum atomic E-state index is -0.172. The van der Waals surface area contributed by atoms with Gasteiger partial charge >= 0.3 is 0 Å². The molecule has 0 aliphatic rings. The molecule has 4 heteroatoms. The predicted octanol–water partition coefficient (Wildman–Crippen LogP) is 3.79. The summed E-state index contributed by atoms with van der Waals surface area (Å²) >= 11 is 0. The summed E-state index contributed by atoms with van der Waals surface area (Å²) in [5.41, 5.74) is 2.97. The first kappa shape index (κ1) is 17.4. The fraction of sp³-hybridized carbons (Fsp3) is 0.421. The molecule has 2 aromatic rings. The number of anilines is 1. The van der Waals surface area contributed by atoms with Crippen LogP contribution in [0.25, 0.3) is 0 Å². The minimum Gasteiger partial charge on any atom is -0.372 e. The third-order valence-corrected chi connectivity index (χ3v) is 4.17. The van der Waals surface area contributed by atoms with Crippen LogP contribution in [-0.4, -0.2) is 24.6 Å². The van der Waals surface area contributed by atoms with Crippen molar-refractivity contribution in [3.63, 3.8) is 0 Å². The topological polar surface area (TPSA) is 28.2 Å². The predicted molar refractivity (Wildman–Crippen MR) is 94.2 cm³/mol. The Labute approximate surface area is 138 Å². The van der Waals surface area contributed by atoms with Crippen molar-refractivity contribution in [3.05, 3.63) is 59.7 Å². The van der Waals surface area contributed by atoms with Crippen molar-refractivity contribution in [3.8, 4) is 0 Å². The van der Waals surface area contributed by atoms with Crippen LogP contribution in [0.5, 0.6) is 0 Å². The summed E-state index contributed by atoms with van der Waals surface area (Å²) in [6, 6.07) is 9.81.